The average molecular weight is 356 g/mol. The van der Waals surface area contributed by atoms with Gasteiger partial charge < -0.3 is 25.2 Å². The lowest BCUT2D eigenvalue weighted by Gasteiger charge is -2.32. The van der Waals surface area contributed by atoms with Crippen LogP contribution in [0, 0.1) is 0 Å². The Balaban J connectivity index is 2.19. The van der Waals surface area contributed by atoms with Crippen molar-refractivity contribution in [2.45, 2.75) is 52.5 Å². The van der Waals surface area contributed by atoms with Gasteiger partial charge in [-0.25, -0.2) is 4.79 Å². The maximum absolute atomic E-state index is 11.7. The van der Waals surface area contributed by atoms with Crippen molar-refractivity contribution >= 4 is 12.1 Å². The summed E-state index contributed by atoms with van der Waals surface area (Å²) in [6.45, 7) is 12.5. The zero-order valence-corrected chi connectivity index (χ0v) is 16.5. The lowest BCUT2D eigenvalue weighted by molar-refractivity contribution is 0.0963. The Morgan fingerprint density at radius 2 is 1.88 bits per heavy atom. The van der Waals surface area contributed by atoms with E-state index in [2.05, 4.69) is 34.4 Å². The third-order valence-corrected chi connectivity index (χ3v) is 4.67. The highest BCUT2D eigenvalue weighted by molar-refractivity contribution is 5.80. The van der Waals surface area contributed by atoms with Crippen molar-refractivity contribution in [3.8, 4) is 0 Å². The number of piperidine rings is 1. The van der Waals surface area contributed by atoms with Crippen LogP contribution in [0.5, 0.6) is 0 Å². The number of nitrogens with one attached hydrogen (secondary N) is 2. The highest BCUT2D eigenvalue weighted by Gasteiger charge is 2.23. The fraction of sp³-hybridized carbons (Fsp3) is 0.889. The topological polar surface area (TPSA) is 69.2 Å². The van der Waals surface area contributed by atoms with Gasteiger partial charge in [-0.05, 0) is 52.2 Å². The summed E-state index contributed by atoms with van der Waals surface area (Å²) in [6, 6.07) is 0.354. The molecule has 0 aliphatic carbocycles. The highest BCUT2D eigenvalue weighted by Crippen LogP contribution is 2.11. The van der Waals surface area contributed by atoms with Crippen molar-refractivity contribution in [2.75, 3.05) is 52.9 Å². The predicted octanol–water partition coefficient (Wildman–Crippen LogP) is 1.89. The molecule has 7 nitrogen and oxygen atoms in total. The van der Waals surface area contributed by atoms with Gasteiger partial charge in [0.25, 0.3) is 0 Å². The van der Waals surface area contributed by atoms with E-state index in [1.807, 2.05) is 6.92 Å². The van der Waals surface area contributed by atoms with Gasteiger partial charge in [0.2, 0.25) is 0 Å². The molecule has 0 radical (unpaired) electrons. The van der Waals surface area contributed by atoms with Crippen molar-refractivity contribution in [1.82, 2.24) is 20.4 Å². The number of hydrogen-bond acceptors (Lipinski definition) is 4. The molecule has 1 heterocycles. The number of aliphatic imine (C=N–C) groups is 1. The standard InChI is InChI=1S/C18H37N5O2/c1-5-22(6-2)13-9-8-12-20-17(19-4)21-16-10-14-23(15-11-16)18(24)25-7-3/h16H,5-15H2,1-4H3,(H2,19,20,21). The fourth-order valence-electron chi connectivity index (χ4n) is 3.02. The second-order valence-electron chi connectivity index (χ2n) is 6.34. The van der Waals surface area contributed by atoms with E-state index in [0.717, 1.165) is 64.5 Å². The minimum Gasteiger partial charge on any atom is -0.450 e. The quantitative estimate of drug-likeness (QED) is 0.376. The first-order valence-corrected chi connectivity index (χ1v) is 9.75. The third-order valence-electron chi connectivity index (χ3n) is 4.67. The van der Waals surface area contributed by atoms with Gasteiger partial charge in [-0.2, -0.15) is 0 Å². The van der Waals surface area contributed by atoms with Gasteiger partial charge in [0.1, 0.15) is 0 Å². The molecule has 0 atom stereocenters. The molecule has 0 bridgehead atoms. The van der Waals surface area contributed by atoms with Crippen LogP contribution in [-0.4, -0.2) is 80.8 Å². The van der Waals surface area contributed by atoms with E-state index in [4.69, 9.17) is 4.74 Å². The molecule has 1 amide bonds. The summed E-state index contributed by atoms with van der Waals surface area (Å²) in [5.41, 5.74) is 0. The summed E-state index contributed by atoms with van der Waals surface area (Å²) in [5.74, 6) is 0.859. The van der Waals surface area contributed by atoms with E-state index < -0.39 is 0 Å². The van der Waals surface area contributed by atoms with Crippen LogP contribution < -0.4 is 10.6 Å². The summed E-state index contributed by atoms with van der Waals surface area (Å²) < 4.78 is 5.05. The number of ether oxygens (including phenoxy) is 1. The number of unbranched alkanes of at least 4 members (excludes halogenated alkanes) is 1. The zero-order chi connectivity index (χ0) is 18.5. The molecule has 0 unspecified atom stereocenters. The van der Waals surface area contributed by atoms with Crippen molar-refractivity contribution in [3.05, 3.63) is 0 Å². The van der Waals surface area contributed by atoms with Crippen LogP contribution >= 0.6 is 0 Å². The van der Waals surface area contributed by atoms with E-state index in [9.17, 15) is 4.79 Å². The van der Waals surface area contributed by atoms with Crippen LogP contribution in [0.1, 0.15) is 46.5 Å². The largest absolute Gasteiger partial charge is 0.450 e. The van der Waals surface area contributed by atoms with Crippen LogP contribution in [-0.2, 0) is 4.74 Å². The van der Waals surface area contributed by atoms with Gasteiger partial charge in [-0.1, -0.05) is 13.8 Å². The van der Waals surface area contributed by atoms with Gasteiger partial charge in [0.05, 0.1) is 6.61 Å². The second kappa shape index (κ2) is 12.8. The minimum atomic E-state index is -0.198. The maximum Gasteiger partial charge on any atom is 0.409 e. The summed E-state index contributed by atoms with van der Waals surface area (Å²) >= 11 is 0. The van der Waals surface area contributed by atoms with Gasteiger partial charge >= 0.3 is 6.09 Å². The first kappa shape index (κ1) is 21.5. The molecule has 1 fully saturated rings. The molecule has 0 spiro atoms. The van der Waals surface area contributed by atoms with Crippen LogP contribution in [0.15, 0.2) is 4.99 Å². The Bertz CT molecular complexity index is 391. The van der Waals surface area contributed by atoms with E-state index in [-0.39, 0.29) is 6.09 Å². The predicted molar refractivity (Wildman–Crippen MR) is 103 cm³/mol. The Hall–Kier alpha value is -1.50. The minimum absolute atomic E-state index is 0.198. The summed E-state index contributed by atoms with van der Waals surface area (Å²) in [4.78, 5) is 20.3. The average Bonchev–Trinajstić information content (AvgIpc) is 2.64. The number of rotatable bonds is 9. The first-order chi connectivity index (χ1) is 12.1. The van der Waals surface area contributed by atoms with E-state index >= 15 is 0 Å². The van der Waals surface area contributed by atoms with Crippen molar-refractivity contribution in [2.24, 2.45) is 4.99 Å². The molecule has 146 valence electrons. The van der Waals surface area contributed by atoms with Crippen molar-refractivity contribution in [3.63, 3.8) is 0 Å². The molecule has 0 saturated carbocycles. The van der Waals surface area contributed by atoms with Gasteiger partial charge in [0.15, 0.2) is 5.96 Å². The molecule has 1 rings (SSSR count). The molecule has 1 aliphatic heterocycles. The molecule has 7 heteroatoms. The Labute approximate surface area is 153 Å². The first-order valence-electron chi connectivity index (χ1n) is 9.75. The normalized spacial score (nSPS) is 16.2. The number of hydrogen-bond donors (Lipinski definition) is 2. The molecular weight excluding hydrogens is 318 g/mol. The molecule has 0 aromatic rings. The molecule has 25 heavy (non-hydrogen) atoms. The van der Waals surface area contributed by atoms with E-state index in [1.165, 1.54) is 6.42 Å². The second-order valence-corrected chi connectivity index (χ2v) is 6.34. The van der Waals surface area contributed by atoms with Crippen molar-refractivity contribution < 1.29 is 9.53 Å². The van der Waals surface area contributed by atoms with E-state index in [0.29, 0.717) is 12.6 Å². The summed E-state index contributed by atoms with van der Waals surface area (Å²) in [7, 11) is 1.80. The number of likely N-dealkylation sites (tertiary alicyclic amines) is 1. The van der Waals surface area contributed by atoms with Gasteiger partial charge in [0, 0.05) is 32.7 Å². The van der Waals surface area contributed by atoms with Gasteiger partial charge in [-0.15, -0.1) is 0 Å². The van der Waals surface area contributed by atoms with Crippen LogP contribution in [0.25, 0.3) is 0 Å². The highest BCUT2D eigenvalue weighted by atomic mass is 16.6. The number of carbonyl (C=O) groups is 1. The maximum atomic E-state index is 11.7. The van der Waals surface area contributed by atoms with E-state index in [1.54, 1.807) is 11.9 Å². The van der Waals surface area contributed by atoms with Gasteiger partial charge in [-0.3, -0.25) is 4.99 Å². The zero-order valence-electron chi connectivity index (χ0n) is 16.5. The van der Waals surface area contributed by atoms with Crippen molar-refractivity contribution in [1.29, 1.82) is 0 Å². The third kappa shape index (κ3) is 8.43. The van der Waals surface area contributed by atoms with Crippen LogP contribution in [0.3, 0.4) is 0 Å². The SMILES string of the molecule is CCOC(=O)N1CCC(NC(=NC)NCCCCN(CC)CC)CC1. The fourth-order valence-corrected chi connectivity index (χ4v) is 3.02. The molecule has 1 aliphatic rings. The summed E-state index contributed by atoms with van der Waals surface area (Å²) in [5, 5.41) is 6.86. The van der Waals surface area contributed by atoms with Crippen LogP contribution in [0.2, 0.25) is 0 Å². The number of carbonyl (C=O) groups excluding carboxylic acids is 1. The molecule has 1 saturated heterocycles. The van der Waals surface area contributed by atoms with Crippen LogP contribution in [0.4, 0.5) is 4.79 Å². The number of amides is 1. The lowest BCUT2D eigenvalue weighted by atomic mass is 10.1. The Kier molecular flexibility index (Phi) is 11.0. The lowest BCUT2D eigenvalue weighted by Crippen LogP contribution is -2.50. The number of guanidine groups is 1. The monoisotopic (exact) mass is 355 g/mol. The molecule has 2 N–H and O–H groups in total. The number of nitrogens with zero attached hydrogens (tertiary/aromatic N) is 3. The molecular formula is C18H37N5O2. The summed E-state index contributed by atoms with van der Waals surface area (Å²) in [6.07, 6.45) is 3.97. The molecule has 0 aromatic heterocycles. The smallest absolute Gasteiger partial charge is 0.409 e. The Morgan fingerprint density at radius 1 is 1.20 bits per heavy atom. The Morgan fingerprint density at radius 3 is 2.44 bits per heavy atom. The molecule has 0 aromatic carbocycles.